The van der Waals surface area contributed by atoms with Gasteiger partial charge in [0.05, 0.1) is 33.2 Å². The van der Waals surface area contributed by atoms with E-state index in [-0.39, 0.29) is 53.0 Å². The smallest absolute Gasteiger partial charge is 0.328 e. The fraction of sp³-hybridized carbons (Fsp3) is 0.714. The Bertz CT molecular complexity index is 776. The number of halogens is 2. The highest BCUT2D eigenvalue weighted by molar-refractivity contribution is 9.09. The number of nitrogens with zero attached hydrogens (tertiary/aromatic N) is 1. The van der Waals surface area contributed by atoms with Crippen molar-refractivity contribution in [3.05, 3.63) is 0 Å². The minimum Gasteiger partial charge on any atom is -0.468 e. The lowest BCUT2D eigenvalue weighted by Crippen LogP contribution is -2.64. The molecule has 0 spiro atoms. The molecule has 3 rings (SSSR count). The first-order chi connectivity index (χ1) is 16.6. The number of alkyl halides is 1. The van der Waals surface area contributed by atoms with Crippen LogP contribution in [0, 0.1) is 0 Å². The van der Waals surface area contributed by atoms with E-state index in [0.29, 0.717) is 25.7 Å². The number of esters is 3. The average Bonchev–Trinajstić information content (AvgIpc) is 2.89. The van der Waals surface area contributed by atoms with E-state index in [9.17, 15) is 28.8 Å². The number of amides is 2. The van der Waals surface area contributed by atoms with Crippen molar-refractivity contribution in [2.75, 3.05) is 33.2 Å². The Labute approximate surface area is 216 Å². The molecule has 0 aromatic heterocycles. The molecule has 0 aromatic rings. The molecule has 3 fully saturated rings. The Balaban J connectivity index is 0.000000297. The van der Waals surface area contributed by atoms with Crippen molar-refractivity contribution in [3.8, 4) is 0 Å². The first-order valence-corrected chi connectivity index (χ1v) is 12.4. The summed E-state index contributed by atoms with van der Waals surface area (Å²) in [6.07, 6.45) is 4.18. The normalized spacial score (nSPS) is 25.2. The van der Waals surface area contributed by atoms with Crippen LogP contribution in [0.2, 0.25) is 0 Å². The van der Waals surface area contributed by atoms with E-state index in [1.807, 2.05) is 0 Å². The van der Waals surface area contributed by atoms with Gasteiger partial charge in [-0.1, -0.05) is 15.9 Å². The number of carbonyl (C=O) groups is 6. The SMILES string of the molecule is COC(=O)[C@@H]1CCC[C@H](C(=O)OC)N1.COC(=O)[C@H]1CCC[C@H]2C(=O)NCC(=O)N12.O=C(Cl)CBr. The first kappa shape index (κ1) is 30.8. The molecule has 0 aliphatic carbocycles. The van der Waals surface area contributed by atoms with Gasteiger partial charge in [-0.05, 0) is 50.1 Å². The standard InChI is InChI=1S/C10H14N2O4.C9H15NO4.C2H2BrClO/c1-16-10(15)7-4-2-3-6-9(14)11-5-8(13)12(6)7;1-13-8(11)6-4-3-5-7(10-6)9(12)14-2;3-1-2(4)5/h6-7H,2-5H2,1H3,(H,11,14);6-7,10H,3-5H2,1-2H3;1H2/t2*6-,7+;/m0../s1. The highest BCUT2D eigenvalue weighted by Crippen LogP contribution is 2.25. The van der Waals surface area contributed by atoms with E-state index in [1.165, 1.54) is 26.2 Å². The number of hydrogen-bond donors (Lipinski definition) is 2. The zero-order valence-corrected chi connectivity index (χ0v) is 22.2. The van der Waals surface area contributed by atoms with Crippen molar-refractivity contribution >= 4 is 62.5 Å². The van der Waals surface area contributed by atoms with Gasteiger partial charge in [-0.3, -0.25) is 29.3 Å². The van der Waals surface area contributed by atoms with Gasteiger partial charge in [-0.25, -0.2) is 4.79 Å². The third kappa shape index (κ3) is 9.37. The largest absolute Gasteiger partial charge is 0.468 e. The first-order valence-electron chi connectivity index (χ1n) is 10.9. The third-order valence-electron chi connectivity index (χ3n) is 5.57. The van der Waals surface area contributed by atoms with Crippen LogP contribution in [0.4, 0.5) is 0 Å². The van der Waals surface area contributed by atoms with Crippen molar-refractivity contribution in [2.45, 2.75) is 62.7 Å². The second-order valence-corrected chi connectivity index (χ2v) is 8.72. The highest BCUT2D eigenvalue weighted by atomic mass is 79.9. The van der Waals surface area contributed by atoms with Crippen LogP contribution in [0.5, 0.6) is 0 Å². The van der Waals surface area contributed by atoms with Gasteiger partial charge in [0.15, 0.2) is 0 Å². The lowest BCUT2D eigenvalue weighted by atomic mass is 9.93. The number of hydrogen-bond acceptors (Lipinski definition) is 10. The summed E-state index contributed by atoms with van der Waals surface area (Å²) in [5.74, 6) is -1.46. The van der Waals surface area contributed by atoms with Gasteiger partial charge in [0.25, 0.3) is 0 Å². The lowest BCUT2D eigenvalue weighted by Gasteiger charge is -2.42. The molecule has 2 N–H and O–H groups in total. The summed E-state index contributed by atoms with van der Waals surface area (Å²) in [4.78, 5) is 68.1. The Hall–Kier alpha value is -2.25. The molecule has 4 atom stereocenters. The summed E-state index contributed by atoms with van der Waals surface area (Å²) < 4.78 is 13.9. The third-order valence-corrected chi connectivity index (χ3v) is 6.53. The van der Waals surface area contributed by atoms with E-state index >= 15 is 0 Å². The van der Waals surface area contributed by atoms with Crippen LogP contribution in [0.1, 0.15) is 38.5 Å². The van der Waals surface area contributed by atoms with E-state index in [0.717, 1.165) is 12.8 Å². The molecule has 3 aliphatic heterocycles. The fourth-order valence-electron chi connectivity index (χ4n) is 3.94. The summed E-state index contributed by atoms with van der Waals surface area (Å²) in [5, 5.41) is 5.32. The molecule has 12 nitrogen and oxygen atoms in total. The number of rotatable bonds is 4. The minimum atomic E-state index is -0.595. The van der Waals surface area contributed by atoms with E-state index in [1.54, 1.807) is 0 Å². The number of piperazine rings is 1. The van der Waals surface area contributed by atoms with Gasteiger partial charge in [-0.15, -0.1) is 0 Å². The molecule has 0 bridgehead atoms. The maximum absolute atomic E-state index is 11.7. The summed E-state index contributed by atoms with van der Waals surface area (Å²) in [7, 11) is 3.97. The molecule has 3 saturated heterocycles. The molecule has 2 amide bonds. The van der Waals surface area contributed by atoms with Crippen LogP contribution in [0.25, 0.3) is 0 Å². The molecule has 3 heterocycles. The molecule has 14 heteroatoms. The van der Waals surface area contributed by atoms with Gasteiger partial charge in [0, 0.05) is 0 Å². The van der Waals surface area contributed by atoms with Crippen molar-refractivity contribution < 1.29 is 43.0 Å². The topological polar surface area (TPSA) is 157 Å². The Morgan fingerprint density at radius 1 is 0.914 bits per heavy atom. The number of carbonyl (C=O) groups excluding carboxylic acids is 6. The Kier molecular flexibility index (Phi) is 13.8. The van der Waals surface area contributed by atoms with Crippen LogP contribution < -0.4 is 10.6 Å². The Morgan fingerprint density at radius 2 is 1.40 bits per heavy atom. The predicted molar refractivity (Wildman–Crippen MR) is 127 cm³/mol. The number of piperidine rings is 2. The summed E-state index contributed by atoms with van der Waals surface area (Å²) >= 11 is 7.61. The van der Waals surface area contributed by atoms with Crippen molar-refractivity contribution in [1.82, 2.24) is 15.5 Å². The maximum Gasteiger partial charge on any atom is 0.328 e. The van der Waals surface area contributed by atoms with Gasteiger partial charge in [-0.2, -0.15) is 0 Å². The molecule has 198 valence electrons. The molecule has 3 aliphatic rings. The summed E-state index contributed by atoms with van der Waals surface area (Å²) in [6.45, 7) is -0.0250. The minimum absolute atomic E-state index is 0.0250. The van der Waals surface area contributed by atoms with Crippen LogP contribution in [0.15, 0.2) is 0 Å². The highest BCUT2D eigenvalue weighted by Gasteiger charge is 2.44. The molecule has 0 aromatic carbocycles. The number of methoxy groups -OCH3 is 3. The second-order valence-electron chi connectivity index (χ2n) is 7.74. The van der Waals surface area contributed by atoms with Gasteiger partial charge < -0.3 is 24.4 Å². The number of ether oxygens (including phenoxy) is 3. The summed E-state index contributed by atoms with van der Waals surface area (Å²) in [5.41, 5.74) is 0. The monoisotopic (exact) mass is 583 g/mol. The fourth-order valence-corrected chi connectivity index (χ4v) is 3.94. The van der Waals surface area contributed by atoms with E-state index < -0.39 is 18.1 Å². The van der Waals surface area contributed by atoms with Gasteiger partial charge >= 0.3 is 17.9 Å². The van der Waals surface area contributed by atoms with E-state index in [2.05, 4.69) is 40.8 Å². The number of fused-ring (bicyclic) bond motifs is 1. The van der Waals surface area contributed by atoms with Gasteiger partial charge in [0.1, 0.15) is 24.2 Å². The van der Waals surface area contributed by atoms with Crippen molar-refractivity contribution in [3.63, 3.8) is 0 Å². The molecule has 0 saturated carbocycles. The zero-order chi connectivity index (χ0) is 26.5. The van der Waals surface area contributed by atoms with Crippen molar-refractivity contribution in [2.24, 2.45) is 0 Å². The van der Waals surface area contributed by atoms with Crippen LogP contribution in [-0.2, 0) is 43.0 Å². The zero-order valence-electron chi connectivity index (χ0n) is 19.8. The van der Waals surface area contributed by atoms with Crippen LogP contribution in [-0.4, -0.2) is 97.2 Å². The van der Waals surface area contributed by atoms with Crippen LogP contribution >= 0.6 is 27.5 Å². The molecular formula is C21H31BrClN3O9. The quantitative estimate of drug-likeness (QED) is 0.200. The number of nitrogens with one attached hydrogen (secondary N) is 2. The summed E-state index contributed by atoms with van der Waals surface area (Å²) in [6, 6.07) is -1.85. The van der Waals surface area contributed by atoms with Crippen LogP contribution in [0.3, 0.4) is 0 Å². The van der Waals surface area contributed by atoms with Gasteiger partial charge in [0.2, 0.25) is 17.1 Å². The molecule has 35 heavy (non-hydrogen) atoms. The molecular weight excluding hydrogens is 554 g/mol. The lowest BCUT2D eigenvalue weighted by molar-refractivity contribution is -0.162. The Morgan fingerprint density at radius 3 is 1.86 bits per heavy atom. The van der Waals surface area contributed by atoms with E-state index in [4.69, 9.17) is 11.6 Å². The second kappa shape index (κ2) is 15.7. The predicted octanol–water partition coefficient (Wildman–Crippen LogP) is 0.0287. The molecule has 0 radical (unpaired) electrons. The van der Waals surface area contributed by atoms with Crippen molar-refractivity contribution in [1.29, 1.82) is 0 Å². The average molecular weight is 585 g/mol. The molecule has 0 unspecified atom stereocenters. The maximum atomic E-state index is 11.7.